The number of benzene rings is 1. The summed E-state index contributed by atoms with van der Waals surface area (Å²) in [5.41, 5.74) is -0.116. The summed E-state index contributed by atoms with van der Waals surface area (Å²) >= 11 is 0. The summed E-state index contributed by atoms with van der Waals surface area (Å²) in [6.07, 6.45) is 0.0220. The molecule has 0 radical (unpaired) electrons. The molecule has 0 bridgehead atoms. The lowest BCUT2D eigenvalue weighted by atomic mass is 10.3. The molecular weight excluding hydrogens is 609 g/mol. The van der Waals surface area contributed by atoms with Crippen molar-refractivity contribution < 1.29 is 42.6 Å². The average molecular weight is 658 g/mol. The smallest absolute Gasteiger partial charge is 0.320 e. The van der Waals surface area contributed by atoms with E-state index in [1.165, 1.54) is 24.3 Å². The van der Waals surface area contributed by atoms with Crippen molar-refractivity contribution in [2.24, 2.45) is 0 Å². The maximum absolute atomic E-state index is 14.3. The lowest BCUT2D eigenvalue weighted by molar-refractivity contribution is -0.384. The van der Waals surface area contributed by atoms with Crippen LogP contribution in [0.2, 0.25) is 0 Å². The van der Waals surface area contributed by atoms with Crippen LogP contribution in [0, 0.1) is 10.1 Å². The van der Waals surface area contributed by atoms with Gasteiger partial charge < -0.3 is 18.7 Å². The Hall–Kier alpha value is -2.94. The Balaban J connectivity index is 2.37. The number of non-ortho nitro benzene ring substituents is 1. The fraction of sp³-hybridized carbons (Fsp3) is 0.690. The summed E-state index contributed by atoms with van der Waals surface area (Å²) in [5, 5.41) is 11.5. The van der Waals surface area contributed by atoms with Gasteiger partial charge in [0.2, 0.25) is 7.37 Å². The molecule has 1 aromatic carbocycles. The van der Waals surface area contributed by atoms with Gasteiger partial charge in [-0.2, -0.15) is 0 Å². The molecule has 1 aromatic rings. The van der Waals surface area contributed by atoms with Crippen LogP contribution >= 0.6 is 7.37 Å². The van der Waals surface area contributed by atoms with Gasteiger partial charge >= 0.3 is 17.9 Å². The molecular formula is C29H48N5O10P. The van der Waals surface area contributed by atoms with Gasteiger partial charge in [-0.05, 0) is 39.8 Å². The minimum absolute atomic E-state index is 0.0220. The molecule has 0 amide bonds. The Morgan fingerprint density at radius 3 is 1.33 bits per heavy atom. The molecule has 16 heteroatoms. The van der Waals surface area contributed by atoms with Crippen LogP contribution in [0.1, 0.15) is 27.7 Å². The highest BCUT2D eigenvalue weighted by Gasteiger charge is 2.30. The number of hydrogen-bond acceptors (Lipinski definition) is 14. The van der Waals surface area contributed by atoms with Crippen molar-refractivity contribution in [1.82, 2.24) is 19.6 Å². The van der Waals surface area contributed by atoms with Gasteiger partial charge in [0.1, 0.15) is 0 Å². The Bertz CT molecular complexity index is 1100. The number of carbonyl (C=O) groups is 3. The predicted molar refractivity (Wildman–Crippen MR) is 168 cm³/mol. The normalized spacial score (nSPS) is 17.8. The summed E-state index contributed by atoms with van der Waals surface area (Å²) in [4.78, 5) is 55.7. The molecule has 0 aromatic heterocycles. The van der Waals surface area contributed by atoms with Crippen molar-refractivity contribution in [2.75, 3.05) is 105 Å². The summed E-state index contributed by atoms with van der Waals surface area (Å²) in [5.74, 6) is -1.11. The molecule has 1 aliphatic heterocycles. The molecule has 1 fully saturated rings. The van der Waals surface area contributed by atoms with E-state index in [0.717, 1.165) is 0 Å². The van der Waals surface area contributed by atoms with Gasteiger partial charge in [0.15, 0.2) is 0 Å². The number of ether oxygens (including phenoxy) is 3. The molecule has 254 valence electrons. The van der Waals surface area contributed by atoms with Crippen LogP contribution in [-0.2, 0) is 37.7 Å². The van der Waals surface area contributed by atoms with Crippen LogP contribution < -0.4 is 5.30 Å². The molecule has 1 unspecified atom stereocenters. The first kappa shape index (κ1) is 38.2. The zero-order valence-corrected chi connectivity index (χ0v) is 27.8. The van der Waals surface area contributed by atoms with E-state index in [0.29, 0.717) is 57.7 Å². The first-order chi connectivity index (χ1) is 21.5. The van der Waals surface area contributed by atoms with Crippen LogP contribution in [0.5, 0.6) is 0 Å². The predicted octanol–water partition coefficient (Wildman–Crippen LogP) is 1.40. The molecule has 1 saturated heterocycles. The lowest BCUT2D eigenvalue weighted by Gasteiger charge is -2.34. The van der Waals surface area contributed by atoms with Crippen molar-refractivity contribution in [2.45, 2.75) is 27.7 Å². The number of nitrogens with zero attached hydrogens (tertiary/aromatic N) is 5. The number of nitro groups is 1. The monoisotopic (exact) mass is 657 g/mol. The number of rotatable bonds is 15. The summed E-state index contributed by atoms with van der Waals surface area (Å²) in [6, 6.07) is 5.54. The van der Waals surface area contributed by atoms with E-state index in [1.54, 1.807) is 27.7 Å². The maximum atomic E-state index is 14.3. The minimum atomic E-state index is -3.49. The van der Waals surface area contributed by atoms with Crippen molar-refractivity contribution in [1.29, 1.82) is 0 Å². The average Bonchev–Trinajstić information content (AvgIpc) is 2.99. The van der Waals surface area contributed by atoms with Gasteiger partial charge in [-0.15, -0.1) is 0 Å². The number of hydrogen-bond donors (Lipinski definition) is 0. The van der Waals surface area contributed by atoms with Gasteiger partial charge in [0.05, 0.1) is 57.3 Å². The van der Waals surface area contributed by atoms with E-state index >= 15 is 0 Å². The van der Waals surface area contributed by atoms with E-state index in [1.807, 2.05) is 19.6 Å². The van der Waals surface area contributed by atoms with Crippen molar-refractivity contribution >= 4 is 36.3 Å². The fourth-order valence-electron chi connectivity index (χ4n) is 4.83. The van der Waals surface area contributed by atoms with Gasteiger partial charge in [-0.3, -0.25) is 48.7 Å². The van der Waals surface area contributed by atoms with Crippen LogP contribution in [0.15, 0.2) is 24.3 Å². The van der Waals surface area contributed by atoms with Gasteiger partial charge in [-0.1, -0.05) is 0 Å². The van der Waals surface area contributed by atoms with Crippen LogP contribution in [-0.4, -0.2) is 147 Å². The Kier molecular flexibility index (Phi) is 17.2. The number of nitro benzene ring substituents is 1. The highest BCUT2D eigenvalue weighted by atomic mass is 31.2. The molecule has 15 nitrogen and oxygen atoms in total. The van der Waals surface area contributed by atoms with Crippen LogP contribution in [0.25, 0.3) is 0 Å². The number of carbonyl (C=O) groups excluding carboxylic acids is 3. The Labute approximate surface area is 265 Å². The largest absolute Gasteiger partial charge is 0.465 e. The molecule has 0 N–H and O–H groups in total. The maximum Gasteiger partial charge on any atom is 0.320 e. The van der Waals surface area contributed by atoms with E-state index in [4.69, 9.17) is 18.7 Å². The second kappa shape index (κ2) is 20.2. The molecule has 0 saturated carbocycles. The second-order valence-electron chi connectivity index (χ2n) is 10.4. The van der Waals surface area contributed by atoms with E-state index < -0.39 is 12.3 Å². The molecule has 1 heterocycles. The molecule has 2 rings (SSSR count). The third kappa shape index (κ3) is 13.9. The van der Waals surface area contributed by atoms with E-state index in [9.17, 15) is 29.1 Å². The number of esters is 3. The van der Waals surface area contributed by atoms with E-state index in [2.05, 4.69) is 0 Å². The fourth-order valence-corrected chi connectivity index (χ4v) is 7.06. The third-order valence-corrected chi connectivity index (χ3v) is 9.61. The molecule has 45 heavy (non-hydrogen) atoms. The first-order valence-corrected chi connectivity index (χ1v) is 17.2. The van der Waals surface area contributed by atoms with Crippen molar-refractivity contribution in [3.05, 3.63) is 34.4 Å². The van der Waals surface area contributed by atoms with E-state index in [-0.39, 0.29) is 75.9 Å². The minimum Gasteiger partial charge on any atom is -0.465 e. The summed E-state index contributed by atoms with van der Waals surface area (Å²) in [7, 11) is -3.49. The zero-order chi connectivity index (χ0) is 33.2. The Morgan fingerprint density at radius 2 is 1.02 bits per heavy atom. The SMILES string of the molecule is CCOC(=O)CN1CCN(CC(=O)OCC)CCN(CP(=O)(OCC)c2ccc([N+](=O)[O-])cc2)CCN(CC(=O)OCC)CC1. The quantitative estimate of drug-likeness (QED) is 0.0875. The summed E-state index contributed by atoms with van der Waals surface area (Å²) < 4.78 is 35.6. The van der Waals surface area contributed by atoms with Crippen LogP contribution in [0.4, 0.5) is 5.69 Å². The van der Waals surface area contributed by atoms with Gasteiger partial charge in [0.25, 0.3) is 5.69 Å². The lowest BCUT2D eigenvalue weighted by Crippen LogP contribution is -2.49. The molecule has 0 spiro atoms. The summed E-state index contributed by atoms with van der Waals surface area (Å²) in [6.45, 7) is 11.4. The second-order valence-corrected chi connectivity index (χ2v) is 12.8. The van der Waals surface area contributed by atoms with Crippen molar-refractivity contribution in [3.8, 4) is 0 Å². The molecule has 0 aliphatic carbocycles. The standard InChI is InChI=1S/C29H48N5O10P/c1-5-41-27(35)21-30-13-15-31(22-28(36)42-6-2)17-19-33(20-18-32(16-14-30)23-29(37)43-7-3)24-45(40,44-8-4)26-11-9-25(10-12-26)34(38)39/h9-12H,5-8,13-24H2,1-4H3. The van der Waals surface area contributed by atoms with Crippen molar-refractivity contribution in [3.63, 3.8) is 0 Å². The molecule has 1 aliphatic rings. The van der Waals surface area contributed by atoms with Gasteiger partial charge in [-0.25, -0.2) is 0 Å². The van der Waals surface area contributed by atoms with Crippen LogP contribution in [0.3, 0.4) is 0 Å². The Morgan fingerprint density at radius 1 is 0.667 bits per heavy atom. The third-order valence-electron chi connectivity index (χ3n) is 7.08. The zero-order valence-electron chi connectivity index (χ0n) is 26.9. The first-order valence-electron chi connectivity index (χ1n) is 15.4. The molecule has 1 atom stereocenters. The highest BCUT2D eigenvalue weighted by molar-refractivity contribution is 7.66. The highest BCUT2D eigenvalue weighted by Crippen LogP contribution is 2.46. The van der Waals surface area contributed by atoms with Gasteiger partial charge in [0, 0.05) is 69.8 Å². The topological polar surface area (TPSA) is 161 Å².